The Bertz CT molecular complexity index is 1170. The molecule has 35 heavy (non-hydrogen) atoms. The molecule has 5 rings (SSSR count). The summed E-state index contributed by atoms with van der Waals surface area (Å²) >= 11 is 0. The molecular weight excluding hydrogens is 460 g/mol. The average molecular weight is 487 g/mol. The molecule has 1 aromatic carbocycles. The molecule has 2 saturated heterocycles. The van der Waals surface area contributed by atoms with Crippen LogP contribution in [0.3, 0.4) is 0 Å². The monoisotopic (exact) mass is 487 g/mol. The number of ether oxygens (including phenoxy) is 1. The van der Waals surface area contributed by atoms with Crippen LogP contribution in [-0.4, -0.2) is 99.1 Å². The van der Waals surface area contributed by atoms with Crippen LogP contribution in [0.15, 0.2) is 29.3 Å². The molecule has 4 atom stereocenters. The van der Waals surface area contributed by atoms with Gasteiger partial charge < -0.3 is 31.3 Å². The number of methoxy groups -OCH3 is 1. The van der Waals surface area contributed by atoms with Crippen molar-refractivity contribution < 1.29 is 33.9 Å². The first kappa shape index (κ1) is 22.9. The summed E-state index contributed by atoms with van der Waals surface area (Å²) in [7, 11) is 1.47. The number of guanidine groups is 2. The van der Waals surface area contributed by atoms with Crippen LogP contribution in [0.4, 0.5) is 0 Å². The van der Waals surface area contributed by atoms with Gasteiger partial charge in [-0.05, 0) is 18.2 Å². The number of benzene rings is 1. The number of hydrogen-bond donors (Lipinski definition) is 7. The van der Waals surface area contributed by atoms with E-state index in [4.69, 9.17) is 16.2 Å². The standard InChI is InChI=1S/C21H26N8O6/c1-35-11-4-2-3-10(7-11)17(32)25-13-9-29-19(23)24-12(8-28-14(30)5-6-15(28)31)16-20(29,21(13,33)34)27-18(22)26-16/h2-4,7,12-13,16,33-34H,5-6,8-9H2,1H3,(H6,22,23,24,25,26,27,32)/p+1/t12-,13?,16-,20-/m0/s1. The Kier molecular flexibility index (Phi) is 5.10. The van der Waals surface area contributed by atoms with Crippen LogP contribution in [0.25, 0.3) is 0 Å². The molecular formula is C21H27N8O6+. The van der Waals surface area contributed by atoms with Crippen molar-refractivity contribution in [2.45, 2.75) is 42.4 Å². The fourth-order valence-corrected chi connectivity index (χ4v) is 5.34. The number of nitrogens with one attached hydrogen (secondary N) is 3. The molecule has 1 unspecified atom stereocenters. The van der Waals surface area contributed by atoms with E-state index in [0.29, 0.717) is 5.75 Å². The average Bonchev–Trinajstić information content (AvgIpc) is 3.42. The van der Waals surface area contributed by atoms with Gasteiger partial charge in [-0.3, -0.25) is 30.3 Å². The van der Waals surface area contributed by atoms with Crippen LogP contribution >= 0.6 is 0 Å². The third kappa shape index (κ3) is 3.28. The van der Waals surface area contributed by atoms with Gasteiger partial charge in [0, 0.05) is 18.4 Å². The zero-order valence-electron chi connectivity index (χ0n) is 18.9. The zero-order valence-corrected chi connectivity index (χ0v) is 18.9. The van der Waals surface area contributed by atoms with E-state index in [0.717, 1.165) is 4.90 Å². The Morgan fingerprint density at radius 1 is 1.31 bits per heavy atom. The number of nitrogens with zero attached hydrogens (tertiary/aromatic N) is 3. The van der Waals surface area contributed by atoms with Crippen molar-refractivity contribution in [2.75, 3.05) is 20.2 Å². The Morgan fingerprint density at radius 2 is 2.03 bits per heavy atom. The number of carbonyl (C=O) groups is 3. The van der Waals surface area contributed by atoms with Gasteiger partial charge in [0.25, 0.3) is 5.91 Å². The highest BCUT2D eigenvalue weighted by atomic mass is 16.5. The Hall–Kier alpha value is -3.91. The van der Waals surface area contributed by atoms with Crippen LogP contribution in [-0.2, 0) is 9.59 Å². The van der Waals surface area contributed by atoms with Crippen molar-refractivity contribution in [1.82, 2.24) is 20.9 Å². The van der Waals surface area contributed by atoms with Crippen molar-refractivity contribution in [1.29, 1.82) is 0 Å². The molecule has 3 amide bonds. The predicted octanol–water partition coefficient (Wildman–Crippen LogP) is -4.08. The fourth-order valence-electron chi connectivity index (χ4n) is 5.34. The van der Waals surface area contributed by atoms with Gasteiger partial charge in [-0.15, -0.1) is 0 Å². The number of nitrogens with two attached hydrogens (primary N) is 2. The number of likely N-dealkylation sites (tertiary alicyclic amines) is 1. The smallest absolute Gasteiger partial charge is 0.346 e. The van der Waals surface area contributed by atoms with E-state index in [1.54, 1.807) is 18.2 Å². The molecule has 4 aliphatic rings. The largest absolute Gasteiger partial charge is 0.497 e. The van der Waals surface area contributed by atoms with Gasteiger partial charge in [-0.2, -0.15) is 0 Å². The lowest BCUT2D eigenvalue weighted by Gasteiger charge is -2.44. The van der Waals surface area contributed by atoms with Crippen LogP contribution < -0.4 is 32.2 Å². The molecule has 2 fully saturated rings. The zero-order chi connectivity index (χ0) is 25.1. The molecule has 186 valence electrons. The van der Waals surface area contributed by atoms with Crippen molar-refractivity contribution in [2.24, 2.45) is 16.5 Å². The van der Waals surface area contributed by atoms with Gasteiger partial charge in [0.1, 0.15) is 23.9 Å². The van der Waals surface area contributed by atoms with Crippen LogP contribution in [0, 0.1) is 0 Å². The van der Waals surface area contributed by atoms with Gasteiger partial charge in [0.2, 0.25) is 23.3 Å². The molecule has 14 heteroatoms. The molecule has 0 aromatic heterocycles. The second kappa shape index (κ2) is 7.81. The predicted molar refractivity (Wildman–Crippen MR) is 120 cm³/mol. The van der Waals surface area contributed by atoms with E-state index < -0.39 is 35.5 Å². The number of imide groups is 1. The first-order valence-corrected chi connectivity index (χ1v) is 11.1. The van der Waals surface area contributed by atoms with Gasteiger partial charge in [-0.25, -0.2) is 9.57 Å². The van der Waals surface area contributed by atoms with E-state index in [2.05, 4.69) is 20.9 Å². The minimum Gasteiger partial charge on any atom is -0.497 e. The van der Waals surface area contributed by atoms with Crippen LogP contribution in [0.5, 0.6) is 5.75 Å². The van der Waals surface area contributed by atoms with Crippen molar-refractivity contribution in [3.63, 3.8) is 0 Å². The molecule has 4 aliphatic heterocycles. The molecule has 4 heterocycles. The fraction of sp³-hybridized carbons (Fsp3) is 0.476. The summed E-state index contributed by atoms with van der Waals surface area (Å²) in [6.45, 7) is -0.184. The lowest BCUT2D eigenvalue weighted by molar-refractivity contribution is -0.623. The summed E-state index contributed by atoms with van der Waals surface area (Å²) in [6, 6.07) is 3.45. The maximum Gasteiger partial charge on any atom is 0.346 e. The third-order valence-corrected chi connectivity index (χ3v) is 7.04. The van der Waals surface area contributed by atoms with Gasteiger partial charge >= 0.3 is 5.96 Å². The quantitative estimate of drug-likeness (QED) is 0.121. The minimum absolute atomic E-state index is 0.0494. The van der Waals surface area contributed by atoms with Crippen LogP contribution in [0.2, 0.25) is 0 Å². The second-order valence-electron chi connectivity index (χ2n) is 8.98. The highest BCUT2D eigenvalue weighted by Crippen LogP contribution is 2.41. The summed E-state index contributed by atoms with van der Waals surface area (Å²) in [6.07, 6.45) is 0.220. The topological polar surface area (TPSA) is 208 Å². The number of rotatable bonds is 5. The number of carbonyl (C=O) groups excluding carboxylic acids is 3. The molecule has 14 nitrogen and oxygen atoms in total. The first-order valence-electron chi connectivity index (χ1n) is 11.1. The number of aliphatic imine (C=N–C) groups is 1. The molecule has 1 spiro atoms. The van der Waals surface area contributed by atoms with Crippen molar-refractivity contribution in [3.8, 4) is 5.75 Å². The molecule has 0 saturated carbocycles. The van der Waals surface area contributed by atoms with E-state index in [-0.39, 0.29) is 55.2 Å². The second-order valence-corrected chi connectivity index (χ2v) is 8.98. The summed E-state index contributed by atoms with van der Waals surface area (Å²) in [5.41, 5.74) is 10.7. The van der Waals surface area contributed by atoms with E-state index in [1.807, 2.05) is 0 Å². The molecule has 9 N–H and O–H groups in total. The summed E-state index contributed by atoms with van der Waals surface area (Å²) in [4.78, 5) is 42.8. The van der Waals surface area contributed by atoms with Crippen molar-refractivity contribution >= 4 is 29.6 Å². The highest BCUT2D eigenvalue weighted by molar-refractivity contribution is 6.02. The number of amides is 3. The summed E-state index contributed by atoms with van der Waals surface area (Å²) in [5.74, 6) is -3.39. The lowest BCUT2D eigenvalue weighted by atomic mass is 9.85. The maximum atomic E-state index is 12.9. The van der Waals surface area contributed by atoms with E-state index in [1.165, 1.54) is 17.8 Å². The van der Waals surface area contributed by atoms with E-state index >= 15 is 0 Å². The van der Waals surface area contributed by atoms with Gasteiger partial charge in [0.05, 0.1) is 20.2 Å². The third-order valence-electron chi connectivity index (χ3n) is 7.04. The Morgan fingerprint density at radius 3 is 2.71 bits per heavy atom. The van der Waals surface area contributed by atoms with Crippen molar-refractivity contribution in [3.05, 3.63) is 29.8 Å². The van der Waals surface area contributed by atoms with E-state index in [9.17, 15) is 24.6 Å². The Balaban J connectivity index is 1.46. The highest BCUT2D eigenvalue weighted by Gasteiger charge is 2.75. The summed E-state index contributed by atoms with van der Waals surface area (Å²) in [5, 5.41) is 31.4. The SMILES string of the molecule is COc1cccc(C(=O)NC2C[N+]3=C(N)N[C@@H](CN4C(=O)CCC4=O)[C@@H]4N=C(N)N[C@@]43C2(O)O)c1. The molecule has 0 radical (unpaired) electrons. The van der Waals surface area contributed by atoms with Crippen LogP contribution in [0.1, 0.15) is 23.2 Å². The molecule has 0 aliphatic carbocycles. The number of aliphatic hydroxyl groups is 2. The summed E-state index contributed by atoms with van der Waals surface area (Å²) < 4.78 is 6.60. The van der Waals surface area contributed by atoms with Gasteiger partial charge in [0.15, 0.2) is 5.96 Å². The first-order chi connectivity index (χ1) is 16.6. The Labute approximate surface area is 199 Å². The lowest BCUT2D eigenvalue weighted by Crippen LogP contribution is -2.79. The molecule has 0 bridgehead atoms. The normalized spacial score (nSPS) is 30.9. The minimum atomic E-state index is -2.61. The maximum absolute atomic E-state index is 12.9. The molecule has 1 aromatic rings. The number of hydrogen-bond acceptors (Lipinski definition) is 11. The van der Waals surface area contributed by atoms with Gasteiger partial charge in [-0.1, -0.05) is 6.07 Å².